The van der Waals surface area contributed by atoms with Crippen molar-refractivity contribution in [1.82, 2.24) is 4.98 Å². The van der Waals surface area contributed by atoms with Gasteiger partial charge in [0.25, 0.3) is 10.1 Å². The molecule has 0 amide bonds. The normalized spacial score (nSPS) is 11.4. The molecule has 90 valence electrons. The van der Waals surface area contributed by atoms with E-state index >= 15 is 0 Å². The molecule has 1 aromatic rings. The van der Waals surface area contributed by atoms with Gasteiger partial charge in [-0.1, -0.05) is 11.6 Å². The van der Waals surface area contributed by atoms with Crippen molar-refractivity contribution < 1.29 is 17.3 Å². The Hall–Kier alpha value is -0.850. The molecule has 1 rings (SSSR count). The predicted molar refractivity (Wildman–Crippen MR) is 60.0 cm³/mol. The molecule has 0 fully saturated rings. The SMILES string of the molecule is CCOc1cnc(CS(=O)(=O)OC)c(Cl)c1. The minimum absolute atomic E-state index is 0.242. The van der Waals surface area contributed by atoms with Crippen LogP contribution in [0.1, 0.15) is 12.6 Å². The Kier molecular flexibility index (Phi) is 4.52. The molecule has 1 heterocycles. The summed E-state index contributed by atoms with van der Waals surface area (Å²) in [4.78, 5) is 3.91. The highest BCUT2D eigenvalue weighted by Crippen LogP contribution is 2.21. The zero-order valence-corrected chi connectivity index (χ0v) is 10.5. The van der Waals surface area contributed by atoms with Crippen LogP contribution in [0.25, 0.3) is 0 Å². The number of ether oxygens (including phenoxy) is 1. The van der Waals surface area contributed by atoms with Gasteiger partial charge in [-0.25, -0.2) is 0 Å². The van der Waals surface area contributed by atoms with Gasteiger partial charge in [0.05, 0.1) is 30.6 Å². The third kappa shape index (κ3) is 3.62. The van der Waals surface area contributed by atoms with E-state index in [-0.39, 0.29) is 16.5 Å². The standard InChI is InChI=1S/C9H12ClNO4S/c1-3-15-7-4-8(10)9(11-5-7)6-16(12,13)14-2/h4-5H,3,6H2,1-2H3. The van der Waals surface area contributed by atoms with Gasteiger partial charge in [-0.3, -0.25) is 9.17 Å². The molecule has 0 bridgehead atoms. The minimum atomic E-state index is -3.61. The lowest BCUT2D eigenvalue weighted by Gasteiger charge is -2.06. The summed E-state index contributed by atoms with van der Waals surface area (Å²) >= 11 is 5.87. The lowest BCUT2D eigenvalue weighted by Crippen LogP contribution is -2.08. The highest BCUT2D eigenvalue weighted by Gasteiger charge is 2.14. The number of pyridine rings is 1. The molecule has 0 atom stereocenters. The van der Waals surface area contributed by atoms with Crippen LogP contribution in [0.3, 0.4) is 0 Å². The van der Waals surface area contributed by atoms with Crippen LogP contribution in [-0.4, -0.2) is 27.1 Å². The number of hydrogen-bond acceptors (Lipinski definition) is 5. The van der Waals surface area contributed by atoms with Crippen LogP contribution in [-0.2, 0) is 20.1 Å². The quantitative estimate of drug-likeness (QED) is 0.757. The molecule has 0 aliphatic carbocycles. The van der Waals surface area contributed by atoms with Crippen LogP contribution in [0.2, 0.25) is 5.02 Å². The fourth-order valence-corrected chi connectivity index (χ4v) is 2.01. The first-order valence-electron chi connectivity index (χ1n) is 4.54. The molecule has 0 spiro atoms. The van der Waals surface area contributed by atoms with Gasteiger partial charge in [-0.05, 0) is 6.92 Å². The smallest absolute Gasteiger partial charge is 0.272 e. The van der Waals surface area contributed by atoms with Crippen LogP contribution < -0.4 is 4.74 Å². The second kappa shape index (κ2) is 5.47. The summed E-state index contributed by atoms with van der Waals surface area (Å²) in [5.41, 5.74) is 0.243. The van der Waals surface area contributed by atoms with E-state index in [0.717, 1.165) is 7.11 Å². The molecule has 0 aromatic carbocycles. The molecule has 5 nitrogen and oxygen atoms in total. The Labute approximate surface area is 99.5 Å². The number of nitrogens with zero attached hydrogens (tertiary/aromatic N) is 1. The Morgan fingerprint density at radius 2 is 2.19 bits per heavy atom. The van der Waals surface area contributed by atoms with Crippen molar-refractivity contribution in [2.45, 2.75) is 12.7 Å². The minimum Gasteiger partial charge on any atom is -0.492 e. The van der Waals surface area contributed by atoms with E-state index in [2.05, 4.69) is 9.17 Å². The first kappa shape index (κ1) is 13.2. The largest absolute Gasteiger partial charge is 0.492 e. The van der Waals surface area contributed by atoms with Crippen molar-refractivity contribution in [3.63, 3.8) is 0 Å². The lowest BCUT2D eigenvalue weighted by molar-refractivity contribution is 0.338. The topological polar surface area (TPSA) is 65.5 Å². The van der Waals surface area contributed by atoms with Gasteiger partial charge in [0, 0.05) is 6.07 Å². The molecule has 1 aromatic heterocycles. The summed E-state index contributed by atoms with van der Waals surface area (Å²) in [6, 6.07) is 1.53. The van der Waals surface area contributed by atoms with Gasteiger partial charge in [0.15, 0.2) is 0 Å². The maximum Gasteiger partial charge on any atom is 0.272 e. The Balaban J connectivity index is 2.91. The number of hydrogen-bond donors (Lipinski definition) is 0. The molecule has 0 aliphatic rings. The van der Waals surface area contributed by atoms with Crippen molar-refractivity contribution in [3.05, 3.63) is 23.0 Å². The molecular formula is C9H12ClNO4S. The first-order valence-corrected chi connectivity index (χ1v) is 6.49. The van der Waals surface area contributed by atoms with Crippen molar-refractivity contribution in [2.24, 2.45) is 0 Å². The van der Waals surface area contributed by atoms with Crippen LogP contribution >= 0.6 is 11.6 Å². The third-order valence-electron chi connectivity index (χ3n) is 1.77. The van der Waals surface area contributed by atoms with Gasteiger partial charge in [0.2, 0.25) is 0 Å². The Bertz CT molecular complexity index is 461. The average Bonchev–Trinajstić information content (AvgIpc) is 2.23. The third-order valence-corrected chi connectivity index (χ3v) is 3.23. The first-order chi connectivity index (χ1) is 7.48. The van der Waals surface area contributed by atoms with Crippen LogP contribution in [0, 0.1) is 0 Å². The maximum absolute atomic E-state index is 11.2. The van der Waals surface area contributed by atoms with E-state index in [1.807, 2.05) is 6.92 Å². The van der Waals surface area contributed by atoms with Crippen LogP contribution in [0.5, 0.6) is 5.75 Å². The molecule has 16 heavy (non-hydrogen) atoms. The molecule has 0 radical (unpaired) electrons. The molecule has 0 unspecified atom stereocenters. The Morgan fingerprint density at radius 1 is 1.50 bits per heavy atom. The van der Waals surface area contributed by atoms with Crippen molar-refractivity contribution in [3.8, 4) is 5.75 Å². The summed E-state index contributed by atoms with van der Waals surface area (Å²) in [5, 5.41) is 0.242. The van der Waals surface area contributed by atoms with Crippen molar-refractivity contribution in [1.29, 1.82) is 0 Å². The van der Waals surface area contributed by atoms with Crippen LogP contribution in [0.15, 0.2) is 12.3 Å². The van der Waals surface area contributed by atoms with Crippen molar-refractivity contribution in [2.75, 3.05) is 13.7 Å². The number of rotatable bonds is 5. The van der Waals surface area contributed by atoms with Crippen molar-refractivity contribution >= 4 is 21.7 Å². The lowest BCUT2D eigenvalue weighted by atomic mass is 10.4. The van der Waals surface area contributed by atoms with E-state index in [9.17, 15) is 8.42 Å². The molecular weight excluding hydrogens is 254 g/mol. The average molecular weight is 266 g/mol. The second-order valence-electron chi connectivity index (χ2n) is 2.90. The van der Waals surface area contributed by atoms with E-state index in [4.69, 9.17) is 16.3 Å². The summed E-state index contributed by atoms with van der Waals surface area (Å²) in [7, 11) is -2.51. The fraction of sp³-hybridized carbons (Fsp3) is 0.444. The summed E-state index contributed by atoms with van der Waals surface area (Å²) in [6.45, 7) is 2.32. The predicted octanol–water partition coefficient (Wildman–Crippen LogP) is 1.61. The van der Waals surface area contributed by atoms with Gasteiger partial charge in [0.1, 0.15) is 11.5 Å². The van der Waals surface area contributed by atoms with Gasteiger partial charge in [-0.2, -0.15) is 8.42 Å². The molecule has 0 aliphatic heterocycles. The molecule has 0 saturated carbocycles. The Morgan fingerprint density at radius 3 is 2.69 bits per heavy atom. The maximum atomic E-state index is 11.2. The van der Waals surface area contributed by atoms with E-state index < -0.39 is 10.1 Å². The van der Waals surface area contributed by atoms with Gasteiger partial charge >= 0.3 is 0 Å². The summed E-state index contributed by atoms with van der Waals surface area (Å²) in [6.07, 6.45) is 1.43. The van der Waals surface area contributed by atoms with E-state index in [1.165, 1.54) is 12.3 Å². The highest BCUT2D eigenvalue weighted by molar-refractivity contribution is 7.85. The monoisotopic (exact) mass is 265 g/mol. The molecule has 7 heteroatoms. The van der Waals surface area contributed by atoms with Crippen LogP contribution in [0.4, 0.5) is 0 Å². The zero-order valence-electron chi connectivity index (χ0n) is 8.94. The number of aromatic nitrogens is 1. The highest BCUT2D eigenvalue weighted by atomic mass is 35.5. The van der Waals surface area contributed by atoms with Gasteiger partial charge in [-0.15, -0.1) is 0 Å². The summed E-state index contributed by atoms with van der Waals surface area (Å²) < 4.78 is 31.8. The number of halogens is 1. The molecule has 0 N–H and O–H groups in total. The fourth-order valence-electron chi connectivity index (χ4n) is 1.03. The molecule has 0 saturated heterocycles. The second-order valence-corrected chi connectivity index (χ2v) is 5.05. The van der Waals surface area contributed by atoms with E-state index in [0.29, 0.717) is 12.4 Å². The summed E-state index contributed by atoms with van der Waals surface area (Å²) in [5.74, 6) is 0.153. The van der Waals surface area contributed by atoms with E-state index in [1.54, 1.807) is 0 Å². The zero-order chi connectivity index (χ0) is 12.2. The van der Waals surface area contributed by atoms with Gasteiger partial charge < -0.3 is 4.74 Å².